The number of nitrogens with two attached hydrogens (primary N) is 1. The van der Waals surface area contributed by atoms with E-state index in [9.17, 15) is 0 Å². The lowest BCUT2D eigenvalue weighted by atomic mass is 9.84. The van der Waals surface area contributed by atoms with Crippen molar-refractivity contribution >= 4 is 0 Å². The Kier molecular flexibility index (Phi) is 4.63. The largest absolute Gasteiger partial charge is 0.496 e. The number of ether oxygens (including phenoxy) is 2. The summed E-state index contributed by atoms with van der Waals surface area (Å²) >= 11 is 0. The lowest BCUT2D eigenvalue weighted by Gasteiger charge is -2.25. The summed E-state index contributed by atoms with van der Waals surface area (Å²) in [5, 5.41) is 0. The minimum atomic E-state index is 0.0170. The Hall–Kier alpha value is -1.22. The van der Waals surface area contributed by atoms with Gasteiger partial charge in [0.1, 0.15) is 11.5 Å². The van der Waals surface area contributed by atoms with Gasteiger partial charge in [0.25, 0.3) is 0 Å². The molecule has 2 N–H and O–H groups in total. The molecule has 3 nitrogen and oxygen atoms in total. The predicted octanol–water partition coefficient (Wildman–Crippen LogP) is 3.06. The van der Waals surface area contributed by atoms with Crippen LogP contribution in [0.2, 0.25) is 0 Å². The van der Waals surface area contributed by atoms with Crippen LogP contribution in [0, 0.1) is 0 Å². The van der Waals surface area contributed by atoms with Crippen LogP contribution in [0.15, 0.2) is 12.1 Å². The summed E-state index contributed by atoms with van der Waals surface area (Å²) in [6.45, 7) is 9.17. The molecule has 0 radical (unpaired) electrons. The second kappa shape index (κ2) is 5.61. The Morgan fingerprint density at radius 1 is 1.11 bits per heavy atom. The highest BCUT2D eigenvalue weighted by Crippen LogP contribution is 2.38. The van der Waals surface area contributed by atoms with Crippen molar-refractivity contribution in [1.29, 1.82) is 0 Å². The van der Waals surface area contributed by atoms with E-state index in [-0.39, 0.29) is 11.3 Å². The molecule has 0 saturated heterocycles. The fourth-order valence-electron chi connectivity index (χ4n) is 2.02. The van der Waals surface area contributed by atoms with Crippen molar-refractivity contribution in [3.05, 3.63) is 23.3 Å². The van der Waals surface area contributed by atoms with Gasteiger partial charge in [0.05, 0.1) is 14.2 Å². The number of hydrogen-bond acceptors (Lipinski definition) is 3. The molecule has 0 bridgehead atoms. The highest BCUT2D eigenvalue weighted by molar-refractivity contribution is 5.50. The van der Waals surface area contributed by atoms with E-state index in [0.29, 0.717) is 6.54 Å². The molecule has 0 amide bonds. The summed E-state index contributed by atoms with van der Waals surface area (Å²) in [4.78, 5) is 0. The average molecular weight is 251 g/mol. The van der Waals surface area contributed by atoms with Gasteiger partial charge in [0.2, 0.25) is 0 Å². The maximum atomic E-state index is 5.75. The first-order chi connectivity index (χ1) is 8.35. The topological polar surface area (TPSA) is 44.5 Å². The third-order valence-corrected chi connectivity index (χ3v) is 3.24. The molecule has 0 aliphatic heterocycles. The Labute approximate surface area is 110 Å². The average Bonchev–Trinajstić information content (AvgIpc) is 2.34. The van der Waals surface area contributed by atoms with Crippen molar-refractivity contribution in [2.75, 3.05) is 20.8 Å². The molecular formula is C15H25NO2. The molecule has 1 rings (SSSR count). The first kappa shape index (κ1) is 14.8. The van der Waals surface area contributed by atoms with Crippen LogP contribution in [-0.4, -0.2) is 20.8 Å². The lowest BCUT2D eigenvalue weighted by Crippen LogP contribution is -2.15. The van der Waals surface area contributed by atoms with Gasteiger partial charge in [-0.05, 0) is 30.0 Å². The first-order valence-corrected chi connectivity index (χ1v) is 6.31. The molecule has 1 aromatic carbocycles. The molecule has 0 saturated carbocycles. The van der Waals surface area contributed by atoms with Crippen molar-refractivity contribution in [1.82, 2.24) is 0 Å². The Bertz CT molecular complexity index is 408. The molecule has 18 heavy (non-hydrogen) atoms. The molecule has 0 aliphatic rings. The SMILES string of the molecule is COc1cc(C(C)(C)C)c(OC)cc1C(C)CN. The van der Waals surface area contributed by atoms with Crippen LogP contribution in [0.3, 0.4) is 0 Å². The molecule has 0 heterocycles. The maximum absolute atomic E-state index is 5.75. The zero-order valence-corrected chi connectivity index (χ0v) is 12.3. The van der Waals surface area contributed by atoms with Gasteiger partial charge in [-0.3, -0.25) is 0 Å². The zero-order chi connectivity index (χ0) is 13.9. The van der Waals surface area contributed by atoms with Gasteiger partial charge >= 0.3 is 0 Å². The highest BCUT2D eigenvalue weighted by Gasteiger charge is 2.23. The summed E-state index contributed by atoms with van der Waals surface area (Å²) in [6, 6.07) is 4.12. The minimum Gasteiger partial charge on any atom is -0.496 e. The Balaban J connectivity index is 3.42. The molecule has 0 spiro atoms. The van der Waals surface area contributed by atoms with Gasteiger partial charge < -0.3 is 15.2 Å². The monoisotopic (exact) mass is 251 g/mol. The Morgan fingerprint density at radius 3 is 2.06 bits per heavy atom. The molecule has 1 aromatic rings. The summed E-state index contributed by atoms with van der Waals surface area (Å²) in [5.41, 5.74) is 8.01. The van der Waals surface area contributed by atoms with E-state index in [2.05, 4.69) is 39.8 Å². The smallest absolute Gasteiger partial charge is 0.123 e. The van der Waals surface area contributed by atoms with Crippen LogP contribution in [0.1, 0.15) is 44.7 Å². The third kappa shape index (κ3) is 2.96. The Morgan fingerprint density at radius 2 is 1.67 bits per heavy atom. The minimum absolute atomic E-state index is 0.0170. The van der Waals surface area contributed by atoms with Crippen molar-refractivity contribution in [2.24, 2.45) is 5.73 Å². The molecule has 1 atom stereocenters. The molecule has 3 heteroatoms. The van der Waals surface area contributed by atoms with E-state index in [1.807, 2.05) is 0 Å². The summed E-state index contributed by atoms with van der Waals surface area (Å²) in [6.07, 6.45) is 0. The van der Waals surface area contributed by atoms with E-state index in [4.69, 9.17) is 15.2 Å². The van der Waals surface area contributed by atoms with E-state index in [0.717, 1.165) is 22.6 Å². The maximum Gasteiger partial charge on any atom is 0.123 e. The standard InChI is InChI=1S/C15H25NO2/c1-10(9-16)11-7-14(18-6)12(15(2,3)4)8-13(11)17-5/h7-8,10H,9,16H2,1-6H3. The predicted molar refractivity (Wildman–Crippen MR) is 75.7 cm³/mol. The summed E-state index contributed by atoms with van der Waals surface area (Å²) in [7, 11) is 3.40. The fraction of sp³-hybridized carbons (Fsp3) is 0.600. The van der Waals surface area contributed by atoms with E-state index >= 15 is 0 Å². The van der Waals surface area contributed by atoms with Crippen LogP contribution >= 0.6 is 0 Å². The number of hydrogen-bond donors (Lipinski definition) is 1. The fourth-order valence-corrected chi connectivity index (χ4v) is 2.02. The van der Waals surface area contributed by atoms with E-state index in [1.54, 1.807) is 14.2 Å². The van der Waals surface area contributed by atoms with E-state index < -0.39 is 0 Å². The van der Waals surface area contributed by atoms with Crippen molar-refractivity contribution in [3.63, 3.8) is 0 Å². The van der Waals surface area contributed by atoms with Gasteiger partial charge in [0, 0.05) is 11.1 Å². The molecule has 0 aliphatic carbocycles. The normalized spacial score (nSPS) is 13.3. The van der Waals surface area contributed by atoms with Gasteiger partial charge in [-0.1, -0.05) is 27.7 Å². The first-order valence-electron chi connectivity index (χ1n) is 6.31. The summed E-state index contributed by atoms with van der Waals surface area (Å²) in [5.74, 6) is 2.04. The van der Waals surface area contributed by atoms with Crippen molar-refractivity contribution in [2.45, 2.75) is 39.0 Å². The van der Waals surface area contributed by atoms with Crippen LogP contribution in [0.5, 0.6) is 11.5 Å². The third-order valence-electron chi connectivity index (χ3n) is 3.24. The molecule has 102 valence electrons. The zero-order valence-electron chi connectivity index (χ0n) is 12.3. The lowest BCUT2D eigenvalue weighted by molar-refractivity contribution is 0.383. The van der Waals surface area contributed by atoms with Crippen LogP contribution in [0.4, 0.5) is 0 Å². The van der Waals surface area contributed by atoms with Crippen molar-refractivity contribution < 1.29 is 9.47 Å². The van der Waals surface area contributed by atoms with Gasteiger partial charge in [0.15, 0.2) is 0 Å². The molecule has 0 fully saturated rings. The molecule has 0 aromatic heterocycles. The number of methoxy groups -OCH3 is 2. The van der Waals surface area contributed by atoms with Gasteiger partial charge in [-0.25, -0.2) is 0 Å². The van der Waals surface area contributed by atoms with Crippen LogP contribution in [-0.2, 0) is 5.41 Å². The second-order valence-electron chi connectivity index (χ2n) is 5.68. The highest BCUT2D eigenvalue weighted by atomic mass is 16.5. The number of rotatable bonds is 4. The van der Waals surface area contributed by atoms with Gasteiger partial charge in [-0.2, -0.15) is 0 Å². The van der Waals surface area contributed by atoms with Crippen LogP contribution < -0.4 is 15.2 Å². The quantitative estimate of drug-likeness (QED) is 0.894. The van der Waals surface area contributed by atoms with E-state index in [1.165, 1.54) is 0 Å². The molecular weight excluding hydrogens is 226 g/mol. The van der Waals surface area contributed by atoms with Gasteiger partial charge in [-0.15, -0.1) is 0 Å². The number of benzene rings is 1. The van der Waals surface area contributed by atoms with Crippen LogP contribution in [0.25, 0.3) is 0 Å². The second-order valence-corrected chi connectivity index (χ2v) is 5.68. The molecule has 1 unspecified atom stereocenters. The van der Waals surface area contributed by atoms with Crippen molar-refractivity contribution in [3.8, 4) is 11.5 Å². The summed E-state index contributed by atoms with van der Waals surface area (Å²) < 4.78 is 11.0.